The molecule has 1 saturated heterocycles. The lowest BCUT2D eigenvalue weighted by atomic mass is 10.1. The number of aliphatic hydroxyl groups is 1. The highest BCUT2D eigenvalue weighted by Gasteiger charge is 2.30. The Bertz CT molecular complexity index is 88.5. The first-order valence-corrected chi connectivity index (χ1v) is 2.92. The van der Waals surface area contributed by atoms with Crippen LogP contribution < -0.4 is 0 Å². The lowest BCUT2D eigenvalue weighted by Gasteiger charge is -2.14. The summed E-state index contributed by atoms with van der Waals surface area (Å²) in [4.78, 5) is 0. The van der Waals surface area contributed by atoms with E-state index in [9.17, 15) is 0 Å². The summed E-state index contributed by atoms with van der Waals surface area (Å²) in [5.41, 5.74) is -0.0839. The lowest BCUT2D eigenvalue weighted by Crippen LogP contribution is -2.17. The maximum atomic E-state index is 8.94. The van der Waals surface area contributed by atoms with Gasteiger partial charge in [-0.05, 0) is 13.8 Å². The van der Waals surface area contributed by atoms with Crippen molar-refractivity contribution in [1.29, 1.82) is 0 Å². The fourth-order valence-corrected chi connectivity index (χ4v) is 1.01. The second kappa shape index (κ2) is 1.71. The van der Waals surface area contributed by atoms with Gasteiger partial charge in [-0.2, -0.15) is 0 Å². The minimum absolute atomic E-state index is 0.0839. The average molecular weight is 116 g/mol. The van der Waals surface area contributed by atoms with Crippen molar-refractivity contribution < 1.29 is 9.84 Å². The molecule has 48 valence electrons. The van der Waals surface area contributed by atoms with Crippen molar-refractivity contribution in [2.75, 3.05) is 6.61 Å². The molecule has 0 aromatic rings. The van der Waals surface area contributed by atoms with E-state index < -0.39 is 0 Å². The Morgan fingerprint density at radius 3 is 2.38 bits per heavy atom. The van der Waals surface area contributed by atoms with Crippen LogP contribution in [-0.4, -0.2) is 23.4 Å². The molecule has 2 nitrogen and oxygen atoms in total. The molecule has 0 aliphatic carbocycles. The van der Waals surface area contributed by atoms with Crippen LogP contribution in [0.3, 0.4) is 0 Å². The van der Waals surface area contributed by atoms with E-state index >= 15 is 0 Å². The second-order valence-electron chi connectivity index (χ2n) is 2.93. The summed E-state index contributed by atoms with van der Waals surface area (Å²) in [5, 5.41) is 8.94. The number of ether oxygens (including phenoxy) is 1. The molecule has 1 unspecified atom stereocenters. The Hall–Kier alpha value is -0.0800. The fraction of sp³-hybridized carbons (Fsp3) is 1.00. The molecular weight excluding hydrogens is 104 g/mol. The van der Waals surface area contributed by atoms with Gasteiger partial charge in [0.05, 0.1) is 18.3 Å². The van der Waals surface area contributed by atoms with E-state index in [1.807, 2.05) is 13.8 Å². The van der Waals surface area contributed by atoms with E-state index in [0.717, 1.165) is 6.42 Å². The maximum Gasteiger partial charge on any atom is 0.0801 e. The van der Waals surface area contributed by atoms with Gasteiger partial charge < -0.3 is 9.84 Å². The van der Waals surface area contributed by atoms with Crippen LogP contribution in [0.2, 0.25) is 0 Å². The van der Waals surface area contributed by atoms with Gasteiger partial charge >= 0.3 is 0 Å². The highest BCUT2D eigenvalue weighted by molar-refractivity contribution is 4.79. The van der Waals surface area contributed by atoms with Gasteiger partial charge in [0.2, 0.25) is 0 Å². The van der Waals surface area contributed by atoms with Gasteiger partial charge in [-0.3, -0.25) is 0 Å². The van der Waals surface area contributed by atoms with E-state index in [-0.39, 0.29) is 11.7 Å². The predicted molar refractivity (Wildman–Crippen MR) is 30.7 cm³/mol. The van der Waals surface area contributed by atoms with Gasteiger partial charge in [-0.25, -0.2) is 0 Å². The highest BCUT2D eigenvalue weighted by Crippen LogP contribution is 2.23. The van der Waals surface area contributed by atoms with Crippen molar-refractivity contribution in [3.63, 3.8) is 0 Å². The van der Waals surface area contributed by atoms with Crippen molar-refractivity contribution >= 4 is 0 Å². The Morgan fingerprint density at radius 1 is 1.62 bits per heavy atom. The molecule has 1 aliphatic heterocycles. The van der Waals surface area contributed by atoms with E-state index in [1.54, 1.807) is 0 Å². The SMILES string of the molecule is CC1(C)CC(O)CO1. The van der Waals surface area contributed by atoms with Crippen LogP contribution in [-0.2, 0) is 4.74 Å². The van der Waals surface area contributed by atoms with Crippen molar-refractivity contribution in [2.24, 2.45) is 0 Å². The number of hydrogen-bond acceptors (Lipinski definition) is 2. The summed E-state index contributed by atoms with van der Waals surface area (Å²) in [7, 11) is 0. The van der Waals surface area contributed by atoms with Gasteiger partial charge in [0, 0.05) is 6.42 Å². The third-order valence-electron chi connectivity index (χ3n) is 1.39. The van der Waals surface area contributed by atoms with Crippen LogP contribution in [0.4, 0.5) is 0 Å². The summed E-state index contributed by atoms with van der Waals surface area (Å²) in [6, 6.07) is 0. The molecule has 1 heterocycles. The fourth-order valence-electron chi connectivity index (χ4n) is 1.01. The Labute approximate surface area is 49.5 Å². The third kappa shape index (κ3) is 1.20. The lowest BCUT2D eigenvalue weighted by molar-refractivity contribution is 0.0306. The minimum Gasteiger partial charge on any atom is -0.391 e. The van der Waals surface area contributed by atoms with Gasteiger partial charge in [-0.1, -0.05) is 0 Å². The largest absolute Gasteiger partial charge is 0.391 e. The molecule has 0 radical (unpaired) electrons. The topological polar surface area (TPSA) is 29.5 Å². The zero-order chi connectivity index (χ0) is 6.20. The van der Waals surface area contributed by atoms with Crippen LogP contribution in [0.15, 0.2) is 0 Å². The smallest absolute Gasteiger partial charge is 0.0801 e. The maximum absolute atomic E-state index is 8.94. The quantitative estimate of drug-likeness (QED) is 0.500. The minimum atomic E-state index is -0.231. The van der Waals surface area contributed by atoms with Crippen LogP contribution in [0, 0.1) is 0 Å². The molecule has 1 fully saturated rings. The Balaban J connectivity index is 2.44. The highest BCUT2D eigenvalue weighted by atomic mass is 16.5. The molecule has 0 spiro atoms. The number of rotatable bonds is 0. The van der Waals surface area contributed by atoms with Crippen LogP contribution >= 0.6 is 0 Å². The van der Waals surface area contributed by atoms with Crippen LogP contribution in [0.1, 0.15) is 20.3 Å². The first-order chi connectivity index (χ1) is 3.60. The molecule has 2 heteroatoms. The molecule has 1 N–H and O–H groups in total. The van der Waals surface area contributed by atoms with Crippen molar-refractivity contribution in [1.82, 2.24) is 0 Å². The van der Waals surface area contributed by atoms with E-state index in [0.29, 0.717) is 6.61 Å². The zero-order valence-electron chi connectivity index (χ0n) is 5.35. The van der Waals surface area contributed by atoms with Crippen molar-refractivity contribution in [2.45, 2.75) is 32.0 Å². The zero-order valence-corrected chi connectivity index (χ0v) is 5.35. The molecule has 0 saturated carbocycles. The van der Waals surface area contributed by atoms with Gasteiger partial charge in [0.15, 0.2) is 0 Å². The molecule has 0 aromatic carbocycles. The van der Waals surface area contributed by atoms with Crippen LogP contribution in [0.25, 0.3) is 0 Å². The number of hydrogen-bond donors (Lipinski definition) is 1. The van der Waals surface area contributed by atoms with E-state index in [2.05, 4.69) is 0 Å². The van der Waals surface area contributed by atoms with E-state index in [1.165, 1.54) is 0 Å². The molecule has 8 heavy (non-hydrogen) atoms. The van der Waals surface area contributed by atoms with Gasteiger partial charge in [0.25, 0.3) is 0 Å². The van der Waals surface area contributed by atoms with Crippen molar-refractivity contribution in [3.8, 4) is 0 Å². The first kappa shape index (κ1) is 6.05. The molecule has 1 aliphatic rings. The summed E-state index contributed by atoms with van der Waals surface area (Å²) in [6.45, 7) is 4.49. The molecule has 0 aromatic heterocycles. The third-order valence-corrected chi connectivity index (χ3v) is 1.39. The van der Waals surface area contributed by atoms with Gasteiger partial charge in [-0.15, -0.1) is 0 Å². The van der Waals surface area contributed by atoms with Gasteiger partial charge in [0.1, 0.15) is 0 Å². The van der Waals surface area contributed by atoms with Crippen molar-refractivity contribution in [3.05, 3.63) is 0 Å². The molecule has 0 bridgehead atoms. The average Bonchev–Trinajstić information content (AvgIpc) is 1.82. The molecule has 0 amide bonds. The summed E-state index contributed by atoms with van der Waals surface area (Å²) in [5.74, 6) is 0. The Morgan fingerprint density at radius 2 is 2.25 bits per heavy atom. The number of aliphatic hydroxyl groups excluding tert-OH is 1. The first-order valence-electron chi connectivity index (χ1n) is 2.92. The molecule has 1 rings (SSSR count). The predicted octanol–water partition coefficient (Wildman–Crippen LogP) is 0.546. The normalized spacial score (nSPS) is 35.6. The molecule has 1 atom stereocenters. The Kier molecular flexibility index (Phi) is 1.29. The van der Waals surface area contributed by atoms with E-state index in [4.69, 9.17) is 9.84 Å². The second-order valence-corrected chi connectivity index (χ2v) is 2.93. The summed E-state index contributed by atoms with van der Waals surface area (Å²) in [6.07, 6.45) is 0.539. The standard InChI is InChI=1S/C6H12O2/c1-6(2)3-5(7)4-8-6/h5,7H,3-4H2,1-2H3. The monoisotopic (exact) mass is 116 g/mol. The summed E-state index contributed by atoms with van der Waals surface area (Å²) < 4.78 is 5.20. The van der Waals surface area contributed by atoms with Crippen LogP contribution in [0.5, 0.6) is 0 Å². The molecular formula is C6H12O2. The summed E-state index contributed by atoms with van der Waals surface area (Å²) >= 11 is 0.